The molecule has 0 unspecified atom stereocenters. The summed E-state index contributed by atoms with van der Waals surface area (Å²) in [5.74, 6) is 0. The molecule has 0 radical (unpaired) electrons. The number of aliphatic hydroxyl groups is 1. The summed E-state index contributed by atoms with van der Waals surface area (Å²) >= 11 is 1.48. The molecule has 3 rings (SSSR count). The molecule has 1 aromatic carbocycles. The van der Waals surface area contributed by atoms with E-state index >= 15 is 0 Å². The molecule has 2 N–H and O–H groups in total. The molecule has 24 heavy (non-hydrogen) atoms. The van der Waals surface area contributed by atoms with Crippen molar-refractivity contribution in [1.82, 2.24) is 14.8 Å². The molecule has 0 bridgehead atoms. The van der Waals surface area contributed by atoms with Crippen LogP contribution < -0.4 is 5.56 Å². The summed E-state index contributed by atoms with van der Waals surface area (Å²) in [5.41, 5.74) is 2.20. The summed E-state index contributed by atoms with van der Waals surface area (Å²) in [4.78, 5) is 21.6. The highest BCUT2D eigenvalue weighted by atomic mass is 32.1. The third-order valence-electron chi connectivity index (χ3n) is 3.64. The zero-order valence-corrected chi connectivity index (χ0v) is 14.3. The van der Waals surface area contributed by atoms with Crippen LogP contribution in [-0.4, -0.2) is 39.2 Å². The SMILES string of the molecule is CCCc1[nH]n(-c2nc3ccccc3s2)c(=O)c1C=NCCCO. The molecule has 3 aromatic rings. The molecule has 2 aromatic heterocycles. The molecule has 6 nitrogen and oxygen atoms in total. The lowest BCUT2D eigenvalue weighted by Gasteiger charge is -1.96. The Labute approximate surface area is 143 Å². The largest absolute Gasteiger partial charge is 0.396 e. The van der Waals surface area contributed by atoms with E-state index in [9.17, 15) is 4.79 Å². The van der Waals surface area contributed by atoms with Crippen LogP contribution in [0.1, 0.15) is 31.0 Å². The molecule has 0 aliphatic heterocycles. The van der Waals surface area contributed by atoms with E-state index in [2.05, 4.69) is 22.0 Å². The maximum atomic E-state index is 12.8. The minimum absolute atomic E-state index is 0.0994. The molecule has 0 saturated heterocycles. The average molecular weight is 344 g/mol. The van der Waals surface area contributed by atoms with Gasteiger partial charge < -0.3 is 5.11 Å². The van der Waals surface area contributed by atoms with E-state index in [1.54, 1.807) is 6.21 Å². The summed E-state index contributed by atoms with van der Waals surface area (Å²) in [6.07, 6.45) is 3.91. The number of hydrogen-bond donors (Lipinski definition) is 2. The first kappa shape index (κ1) is 16.6. The van der Waals surface area contributed by atoms with Crippen LogP contribution in [-0.2, 0) is 6.42 Å². The van der Waals surface area contributed by atoms with Crippen molar-refractivity contribution >= 4 is 27.8 Å². The number of aliphatic hydroxyl groups excluding tert-OH is 1. The van der Waals surface area contributed by atoms with Crippen LogP contribution >= 0.6 is 11.3 Å². The number of aryl methyl sites for hydroxylation is 1. The molecule has 2 heterocycles. The number of rotatable bonds is 7. The number of aliphatic imine (C=N–C) groups is 1. The lowest BCUT2D eigenvalue weighted by molar-refractivity contribution is 0.291. The van der Waals surface area contributed by atoms with Crippen molar-refractivity contribution in [3.05, 3.63) is 45.9 Å². The summed E-state index contributed by atoms with van der Waals surface area (Å²) < 4.78 is 2.55. The first-order chi connectivity index (χ1) is 11.7. The molecule has 126 valence electrons. The molecular formula is C17H20N4O2S. The Balaban J connectivity index is 2.01. The molecule has 0 saturated carbocycles. The Morgan fingerprint density at radius 3 is 3.00 bits per heavy atom. The third-order valence-corrected chi connectivity index (χ3v) is 4.67. The van der Waals surface area contributed by atoms with Gasteiger partial charge in [0, 0.05) is 25.1 Å². The van der Waals surface area contributed by atoms with Gasteiger partial charge in [0.2, 0.25) is 5.13 Å². The minimum atomic E-state index is -0.134. The van der Waals surface area contributed by atoms with Crippen LogP contribution in [0.3, 0.4) is 0 Å². The normalized spacial score (nSPS) is 11.8. The van der Waals surface area contributed by atoms with Gasteiger partial charge in [-0.05, 0) is 25.0 Å². The number of hydrogen-bond acceptors (Lipinski definition) is 5. The number of fused-ring (bicyclic) bond motifs is 1. The fourth-order valence-electron chi connectivity index (χ4n) is 2.48. The van der Waals surface area contributed by atoms with E-state index in [-0.39, 0.29) is 12.2 Å². The lowest BCUT2D eigenvalue weighted by atomic mass is 10.2. The van der Waals surface area contributed by atoms with Crippen LogP contribution in [0.5, 0.6) is 0 Å². The molecule has 0 aliphatic carbocycles. The number of benzene rings is 1. The number of nitrogens with zero attached hydrogens (tertiary/aromatic N) is 3. The van der Waals surface area contributed by atoms with Crippen molar-refractivity contribution in [3.63, 3.8) is 0 Å². The topological polar surface area (TPSA) is 83.3 Å². The molecule has 0 amide bonds. The Morgan fingerprint density at radius 2 is 2.25 bits per heavy atom. The number of aromatic nitrogens is 3. The van der Waals surface area contributed by atoms with Crippen molar-refractivity contribution in [2.45, 2.75) is 26.2 Å². The maximum Gasteiger partial charge on any atom is 0.282 e. The second-order valence-corrected chi connectivity index (χ2v) is 6.48. The maximum absolute atomic E-state index is 12.8. The zero-order valence-electron chi connectivity index (χ0n) is 13.5. The Hall–Kier alpha value is -2.25. The summed E-state index contributed by atoms with van der Waals surface area (Å²) in [7, 11) is 0. The van der Waals surface area contributed by atoms with Crippen LogP contribution in [0.4, 0.5) is 0 Å². The number of thiazole rings is 1. The molecule has 0 spiro atoms. The Bertz CT molecular complexity index is 874. The molecule has 7 heteroatoms. The second kappa shape index (κ2) is 7.55. The Kier molecular flexibility index (Phi) is 5.22. The van der Waals surface area contributed by atoms with Gasteiger partial charge in [-0.1, -0.05) is 36.8 Å². The van der Waals surface area contributed by atoms with Gasteiger partial charge in [0.1, 0.15) is 0 Å². The first-order valence-corrected chi connectivity index (χ1v) is 8.86. The number of H-pyrrole nitrogens is 1. The summed E-state index contributed by atoms with van der Waals surface area (Å²) in [6.45, 7) is 2.68. The van der Waals surface area contributed by atoms with E-state index < -0.39 is 0 Å². The van der Waals surface area contributed by atoms with Crippen molar-refractivity contribution in [2.24, 2.45) is 4.99 Å². The van der Waals surface area contributed by atoms with Crippen LogP contribution in [0.2, 0.25) is 0 Å². The van der Waals surface area contributed by atoms with Crippen molar-refractivity contribution in [2.75, 3.05) is 13.2 Å². The molecular weight excluding hydrogens is 324 g/mol. The second-order valence-electron chi connectivity index (χ2n) is 5.47. The van der Waals surface area contributed by atoms with Crippen molar-refractivity contribution in [1.29, 1.82) is 0 Å². The first-order valence-electron chi connectivity index (χ1n) is 8.05. The number of aromatic amines is 1. The molecule has 0 atom stereocenters. The van der Waals surface area contributed by atoms with Gasteiger partial charge >= 0.3 is 0 Å². The van der Waals surface area contributed by atoms with Crippen LogP contribution in [0.15, 0.2) is 34.1 Å². The van der Waals surface area contributed by atoms with Crippen LogP contribution in [0.25, 0.3) is 15.3 Å². The number of nitrogens with one attached hydrogen (secondary N) is 1. The van der Waals surface area contributed by atoms with Gasteiger partial charge in [-0.3, -0.25) is 14.9 Å². The van der Waals surface area contributed by atoms with E-state index in [1.165, 1.54) is 16.0 Å². The van der Waals surface area contributed by atoms with Gasteiger partial charge in [0.05, 0.1) is 15.8 Å². The van der Waals surface area contributed by atoms with Gasteiger partial charge in [0.25, 0.3) is 5.56 Å². The third kappa shape index (κ3) is 3.32. The number of para-hydroxylation sites is 1. The summed E-state index contributed by atoms with van der Waals surface area (Å²) in [6, 6.07) is 7.83. The zero-order chi connectivity index (χ0) is 16.9. The van der Waals surface area contributed by atoms with Gasteiger partial charge in [-0.25, -0.2) is 4.98 Å². The highest BCUT2D eigenvalue weighted by Gasteiger charge is 2.15. The fourth-order valence-corrected chi connectivity index (χ4v) is 3.40. The van der Waals surface area contributed by atoms with E-state index in [0.29, 0.717) is 23.7 Å². The van der Waals surface area contributed by atoms with E-state index in [4.69, 9.17) is 5.11 Å². The van der Waals surface area contributed by atoms with Gasteiger partial charge in [-0.15, -0.1) is 0 Å². The average Bonchev–Trinajstić information content (AvgIpc) is 3.14. The quantitative estimate of drug-likeness (QED) is 0.510. The van der Waals surface area contributed by atoms with Gasteiger partial charge in [-0.2, -0.15) is 4.68 Å². The molecule has 0 fully saturated rings. The van der Waals surface area contributed by atoms with Crippen LogP contribution in [0, 0.1) is 0 Å². The lowest BCUT2D eigenvalue weighted by Crippen LogP contribution is -2.17. The van der Waals surface area contributed by atoms with Crippen molar-refractivity contribution in [3.8, 4) is 5.13 Å². The van der Waals surface area contributed by atoms with Gasteiger partial charge in [0.15, 0.2) is 0 Å². The van der Waals surface area contributed by atoms with E-state index in [1.807, 2.05) is 24.3 Å². The highest BCUT2D eigenvalue weighted by molar-refractivity contribution is 7.20. The smallest absolute Gasteiger partial charge is 0.282 e. The highest BCUT2D eigenvalue weighted by Crippen LogP contribution is 2.23. The van der Waals surface area contributed by atoms with E-state index in [0.717, 1.165) is 28.8 Å². The predicted octanol–water partition coefficient (Wildman–Crippen LogP) is 2.53. The predicted molar refractivity (Wildman–Crippen MR) is 97.7 cm³/mol. The minimum Gasteiger partial charge on any atom is -0.396 e. The monoisotopic (exact) mass is 344 g/mol. The molecule has 0 aliphatic rings. The fraction of sp³-hybridized carbons (Fsp3) is 0.353. The summed E-state index contributed by atoms with van der Waals surface area (Å²) in [5, 5.41) is 12.6. The Morgan fingerprint density at radius 1 is 1.42 bits per heavy atom. The van der Waals surface area contributed by atoms with Crippen molar-refractivity contribution < 1.29 is 5.11 Å². The standard InChI is InChI=1S/C17H20N4O2S/c1-2-6-13-12(11-18-9-5-10-22)16(23)21(20-13)17-19-14-7-3-4-8-15(14)24-17/h3-4,7-8,11,20,22H,2,5-6,9-10H2,1H3.